The highest BCUT2D eigenvalue weighted by atomic mass is 35.5. The first-order chi connectivity index (χ1) is 7.19. The summed E-state index contributed by atoms with van der Waals surface area (Å²) in [4.78, 5) is 3.95. The van der Waals surface area contributed by atoms with Gasteiger partial charge in [-0.25, -0.2) is 13.8 Å². The molecule has 0 bridgehead atoms. The van der Waals surface area contributed by atoms with Crippen molar-refractivity contribution >= 4 is 11.6 Å². The van der Waals surface area contributed by atoms with Crippen LogP contribution in [0.1, 0.15) is 5.69 Å². The van der Waals surface area contributed by atoms with Crippen molar-refractivity contribution in [1.82, 2.24) is 4.98 Å². The summed E-state index contributed by atoms with van der Waals surface area (Å²) in [6.45, 7) is 0. The number of halogens is 3. The SMILES string of the molecule is Fc1cc(F)cc(-c2nc(CCl)co2)c1. The van der Waals surface area contributed by atoms with Crippen LogP contribution in [0.25, 0.3) is 11.5 Å². The lowest BCUT2D eigenvalue weighted by Crippen LogP contribution is -1.84. The van der Waals surface area contributed by atoms with Crippen molar-refractivity contribution in [3.8, 4) is 11.5 Å². The third kappa shape index (κ3) is 2.15. The van der Waals surface area contributed by atoms with Crippen LogP contribution in [-0.4, -0.2) is 4.98 Å². The molecule has 0 unspecified atom stereocenters. The van der Waals surface area contributed by atoms with Gasteiger partial charge >= 0.3 is 0 Å². The van der Waals surface area contributed by atoms with E-state index in [0.29, 0.717) is 5.69 Å². The van der Waals surface area contributed by atoms with Gasteiger partial charge in [-0.05, 0) is 12.1 Å². The lowest BCUT2D eigenvalue weighted by molar-refractivity contribution is 0.563. The maximum atomic E-state index is 12.9. The van der Waals surface area contributed by atoms with E-state index in [4.69, 9.17) is 16.0 Å². The van der Waals surface area contributed by atoms with Crippen LogP contribution in [0.2, 0.25) is 0 Å². The van der Waals surface area contributed by atoms with Gasteiger partial charge < -0.3 is 4.42 Å². The highest BCUT2D eigenvalue weighted by Gasteiger charge is 2.08. The molecular formula is C10H6ClF2NO. The van der Waals surface area contributed by atoms with E-state index in [9.17, 15) is 8.78 Å². The molecule has 0 radical (unpaired) electrons. The standard InChI is InChI=1S/C10H6ClF2NO/c11-4-9-5-15-10(14-9)6-1-7(12)3-8(13)2-6/h1-3,5H,4H2. The molecule has 0 atom stereocenters. The average Bonchev–Trinajstić information content (AvgIpc) is 2.64. The Labute approximate surface area is 89.5 Å². The first-order valence-corrected chi connectivity index (χ1v) is 4.69. The van der Waals surface area contributed by atoms with E-state index in [1.54, 1.807) is 0 Å². The van der Waals surface area contributed by atoms with Crippen molar-refractivity contribution in [2.45, 2.75) is 5.88 Å². The van der Waals surface area contributed by atoms with Crippen LogP contribution in [0.5, 0.6) is 0 Å². The van der Waals surface area contributed by atoms with E-state index in [-0.39, 0.29) is 17.3 Å². The maximum Gasteiger partial charge on any atom is 0.226 e. The van der Waals surface area contributed by atoms with Crippen molar-refractivity contribution in [1.29, 1.82) is 0 Å². The highest BCUT2D eigenvalue weighted by molar-refractivity contribution is 6.16. The van der Waals surface area contributed by atoms with Gasteiger partial charge in [0.25, 0.3) is 0 Å². The predicted octanol–water partition coefficient (Wildman–Crippen LogP) is 3.36. The molecule has 0 aliphatic rings. The second-order valence-electron chi connectivity index (χ2n) is 2.94. The summed E-state index contributed by atoms with van der Waals surface area (Å²) in [7, 11) is 0. The molecular weight excluding hydrogens is 224 g/mol. The molecule has 0 fully saturated rings. The fourth-order valence-corrected chi connectivity index (χ4v) is 1.30. The molecule has 1 heterocycles. The number of rotatable bonds is 2. The monoisotopic (exact) mass is 229 g/mol. The Kier molecular flexibility index (Phi) is 2.68. The summed E-state index contributed by atoms with van der Waals surface area (Å²) < 4.78 is 30.8. The molecule has 5 heteroatoms. The van der Waals surface area contributed by atoms with Crippen LogP contribution >= 0.6 is 11.6 Å². The lowest BCUT2D eigenvalue weighted by Gasteiger charge is -1.96. The summed E-state index contributed by atoms with van der Waals surface area (Å²) in [6.07, 6.45) is 1.35. The largest absolute Gasteiger partial charge is 0.444 e. The molecule has 1 aromatic carbocycles. The Morgan fingerprint density at radius 1 is 1.20 bits per heavy atom. The van der Waals surface area contributed by atoms with Crippen LogP contribution in [0.3, 0.4) is 0 Å². The van der Waals surface area contributed by atoms with Gasteiger partial charge in [0, 0.05) is 11.6 Å². The van der Waals surface area contributed by atoms with Gasteiger partial charge in [-0.2, -0.15) is 0 Å². The van der Waals surface area contributed by atoms with Crippen molar-refractivity contribution in [3.05, 3.63) is 41.8 Å². The molecule has 0 N–H and O–H groups in total. The summed E-state index contributed by atoms with van der Waals surface area (Å²) in [5.41, 5.74) is 0.778. The Hall–Kier alpha value is -1.42. The number of oxazole rings is 1. The van der Waals surface area contributed by atoms with Crippen LogP contribution in [0.4, 0.5) is 8.78 Å². The zero-order valence-corrected chi connectivity index (χ0v) is 8.26. The van der Waals surface area contributed by atoms with E-state index in [0.717, 1.165) is 18.2 Å². The number of hydrogen-bond donors (Lipinski definition) is 0. The first-order valence-electron chi connectivity index (χ1n) is 4.16. The van der Waals surface area contributed by atoms with E-state index < -0.39 is 11.6 Å². The van der Waals surface area contributed by atoms with E-state index in [2.05, 4.69) is 4.98 Å². The van der Waals surface area contributed by atoms with Crippen LogP contribution in [-0.2, 0) is 5.88 Å². The molecule has 2 rings (SSSR count). The van der Waals surface area contributed by atoms with Gasteiger partial charge in [0.1, 0.15) is 17.9 Å². The summed E-state index contributed by atoms with van der Waals surface area (Å²) in [5, 5.41) is 0. The van der Waals surface area contributed by atoms with Gasteiger partial charge in [0.2, 0.25) is 5.89 Å². The summed E-state index contributed by atoms with van der Waals surface area (Å²) in [6, 6.07) is 3.08. The van der Waals surface area contributed by atoms with E-state index >= 15 is 0 Å². The third-order valence-electron chi connectivity index (χ3n) is 1.80. The molecule has 0 saturated heterocycles. The van der Waals surface area contributed by atoms with E-state index in [1.165, 1.54) is 6.26 Å². The Balaban J connectivity index is 2.44. The zero-order chi connectivity index (χ0) is 10.8. The molecule has 2 aromatic rings. The Morgan fingerprint density at radius 2 is 1.87 bits per heavy atom. The molecule has 1 aromatic heterocycles. The maximum absolute atomic E-state index is 12.9. The molecule has 15 heavy (non-hydrogen) atoms. The smallest absolute Gasteiger partial charge is 0.226 e. The normalized spacial score (nSPS) is 10.6. The minimum Gasteiger partial charge on any atom is -0.444 e. The Bertz CT molecular complexity index is 464. The van der Waals surface area contributed by atoms with Crippen molar-refractivity contribution in [2.75, 3.05) is 0 Å². The number of nitrogens with zero attached hydrogens (tertiary/aromatic N) is 1. The third-order valence-corrected chi connectivity index (χ3v) is 2.07. The van der Waals surface area contributed by atoms with Gasteiger partial charge in [-0.3, -0.25) is 0 Å². The van der Waals surface area contributed by atoms with Crippen molar-refractivity contribution in [2.24, 2.45) is 0 Å². The topological polar surface area (TPSA) is 26.0 Å². The van der Waals surface area contributed by atoms with Crippen molar-refractivity contribution < 1.29 is 13.2 Å². The molecule has 0 aliphatic carbocycles. The van der Waals surface area contributed by atoms with Crippen LogP contribution in [0.15, 0.2) is 28.9 Å². The minimum absolute atomic E-state index is 0.157. The summed E-state index contributed by atoms with van der Waals surface area (Å²) in [5.74, 6) is -0.989. The van der Waals surface area contributed by atoms with Gasteiger partial charge in [0.15, 0.2) is 0 Å². The second-order valence-corrected chi connectivity index (χ2v) is 3.20. The molecule has 2 nitrogen and oxygen atoms in total. The molecule has 0 amide bonds. The van der Waals surface area contributed by atoms with Crippen molar-refractivity contribution in [3.63, 3.8) is 0 Å². The first kappa shape index (κ1) is 10.1. The summed E-state index contributed by atoms with van der Waals surface area (Å²) >= 11 is 5.52. The average molecular weight is 230 g/mol. The molecule has 78 valence electrons. The van der Waals surface area contributed by atoms with Gasteiger partial charge in [-0.1, -0.05) is 0 Å². The highest BCUT2D eigenvalue weighted by Crippen LogP contribution is 2.21. The number of benzene rings is 1. The second kappa shape index (κ2) is 3.98. The fraction of sp³-hybridized carbons (Fsp3) is 0.100. The minimum atomic E-state index is -0.671. The lowest BCUT2D eigenvalue weighted by atomic mass is 10.2. The molecule has 0 saturated carbocycles. The van der Waals surface area contributed by atoms with Gasteiger partial charge in [-0.15, -0.1) is 11.6 Å². The molecule has 0 spiro atoms. The van der Waals surface area contributed by atoms with E-state index in [1.807, 2.05) is 0 Å². The number of hydrogen-bond acceptors (Lipinski definition) is 2. The fourth-order valence-electron chi connectivity index (χ4n) is 1.18. The van der Waals surface area contributed by atoms with Crippen LogP contribution < -0.4 is 0 Å². The zero-order valence-electron chi connectivity index (χ0n) is 7.51. The number of aromatic nitrogens is 1. The van der Waals surface area contributed by atoms with Gasteiger partial charge in [0.05, 0.1) is 11.6 Å². The number of alkyl halides is 1. The quantitative estimate of drug-likeness (QED) is 0.738. The predicted molar refractivity (Wildman–Crippen MR) is 51.4 cm³/mol. The van der Waals surface area contributed by atoms with Crippen LogP contribution in [0, 0.1) is 11.6 Å². The Morgan fingerprint density at radius 3 is 2.40 bits per heavy atom. The molecule has 0 aliphatic heterocycles.